The van der Waals surface area contributed by atoms with Gasteiger partial charge in [0.25, 0.3) is 5.91 Å². The van der Waals surface area contributed by atoms with Crippen LogP contribution in [0, 0.1) is 0 Å². The van der Waals surface area contributed by atoms with Gasteiger partial charge in [-0.1, -0.05) is 39.0 Å². The summed E-state index contributed by atoms with van der Waals surface area (Å²) in [5, 5.41) is 2.49. The van der Waals surface area contributed by atoms with Crippen LogP contribution >= 0.6 is 0 Å². The van der Waals surface area contributed by atoms with Crippen LogP contribution in [-0.2, 0) is 15.7 Å². The summed E-state index contributed by atoms with van der Waals surface area (Å²) in [6.07, 6.45) is 2.18. The Labute approximate surface area is 152 Å². The normalized spacial score (nSPS) is 11.2. The zero-order valence-corrected chi connectivity index (χ0v) is 15.0. The van der Waals surface area contributed by atoms with Crippen molar-refractivity contribution in [1.82, 2.24) is 5.32 Å². The summed E-state index contributed by atoms with van der Waals surface area (Å²) in [5.74, 6) is -0.922. The van der Waals surface area contributed by atoms with Gasteiger partial charge in [0.15, 0.2) is 0 Å². The number of rotatable bonds is 11. The lowest BCUT2D eigenvalue weighted by atomic mass is 10.1. The van der Waals surface area contributed by atoms with Crippen molar-refractivity contribution in [3.05, 3.63) is 35.4 Å². The van der Waals surface area contributed by atoms with E-state index in [1.165, 1.54) is 19.3 Å². The van der Waals surface area contributed by atoms with Gasteiger partial charge in [0.2, 0.25) is 0 Å². The molecular weight excluding hydrogens is 347 g/mol. The van der Waals surface area contributed by atoms with E-state index in [-0.39, 0.29) is 18.5 Å². The molecule has 7 heteroatoms. The van der Waals surface area contributed by atoms with Crippen LogP contribution in [0.15, 0.2) is 24.3 Å². The molecule has 0 aromatic heterocycles. The molecule has 0 fully saturated rings. The monoisotopic (exact) mass is 373 g/mol. The molecule has 0 aliphatic heterocycles. The van der Waals surface area contributed by atoms with Gasteiger partial charge in [-0.05, 0) is 30.7 Å². The SMILES string of the molecule is CCCCCCCCOC(=O)CCNC(=O)c1ccc(C(F)(F)F)cc1. The van der Waals surface area contributed by atoms with E-state index < -0.39 is 23.6 Å². The maximum atomic E-state index is 12.5. The number of alkyl halides is 3. The summed E-state index contributed by atoms with van der Waals surface area (Å²) >= 11 is 0. The Hall–Kier alpha value is -2.05. The third-order valence-corrected chi connectivity index (χ3v) is 3.85. The molecule has 0 unspecified atom stereocenters. The zero-order chi connectivity index (χ0) is 19.4. The molecule has 0 heterocycles. The lowest BCUT2D eigenvalue weighted by molar-refractivity contribution is -0.143. The van der Waals surface area contributed by atoms with Crippen LogP contribution in [-0.4, -0.2) is 25.0 Å². The summed E-state index contributed by atoms with van der Waals surface area (Å²) in [4.78, 5) is 23.4. The first-order valence-electron chi connectivity index (χ1n) is 8.95. The zero-order valence-electron chi connectivity index (χ0n) is 15.0. The highest BCUT2D eigenvalue weighted by atomic mass is 19.4. The van der Waals surface area contributed by atoms with Crippen molar-refractivity contribution in [2.45, 2.75) is 58.0 Å². The molecule has 146 valence electrons. The number of unbranched alkanes of at least 4 members (excludes halogenated alkanes) is 5. The van der Waals surface area contributed by atoms with Gasteiger partial charge in [-0.15, -0.1) is 0 Å². The van der Waals surface area contributed by atoms with Crippen molar-refractivity contribution in [3.8, 4) is 0 Å². The quantitative estimate of drug-likeness (QED) is 0.451. The van der Waals surface area contributed by atoms with Crippen molar-refractivity contribution in [3.63, 3.8) is 0 Å². The molecule has 4 nitrogen and oxygen atoms in total. The van der Waals surface area contributed by atoms with Crippen LogP contribution < -0.4 is 5.32 Å². The van der Waals surface area contributed by atoms with Crippen molar-refractivity contribution >= 4 is 11.9 Å². The Morgan fingerprint density at radius 3 is 2.23 bits per heavy atom. The third kappa shape index (κ3) is 8.87. The van der Waals surface area contributed by atoms with Gasteiger partial charge < -0.3 is 10.1 Å². The lowest BCUT2D eigenvalue weighted by Crippen LogP contribution is -2.26. The Kier molecular flexibility index (Phi) is 9.76. The van der Waals surface area contributed by atoms with Crippen LogP contribution in [0.1, 0.15) is 67.8 Å². The molecule has 0 saturated heterocycles. The second kappa shape index (κ2) is 11.5. The second-order valence-corrected chi connectivity index (χ2v) is 6.07. The molecule has 0 radical (unpaired) electrons. The summed E-state index contributed by atoms with van der Waals surface area (Å²) in [6.45, 7) is 2.60. The molecule has 1 rings (SSSR count). The van der Waals surface area contributed by atoms with E-state index in [1.54, 1.807) is 0 Å². The standard InChI is InChI=1S/C19H26F3NO3/c1-2-3-4-5-6-7-14-26-17(24)12-13-23-18(25)15-8-10-16(11-9-15)19(20,21)22/h8-11H,2-7,12-14H2,1H3,(H,23,25). The van der Waals surface area contributed by atoms with Crippen LogP contribution in [0.3, 0.4) is 0 Å². The van der Waals surface area contributed by atoms with Gasteiger partial charge in [-0.3, -0.25) is 9.59 Å². The average Bonchev–Trinajstić information content (AvgIpc) is 2.60. The van der Waals surface area contributed by atoms with E-state index in [4.69, 9.17) is 4.74 Å². The topological polar surface area (TPSA) is 55.4 Å². The minimum atomic E-state index is -4.44. The molecule has 1 N–H and O–H groups in total. The highest BCUT2D eigenvalue weighted by Crippen LogP contribution is 2.29. The second-order valence-electron chi connectivity index (χ2n) is 6.07. The first kappa shape index (κ1) is 22.0. The van der Waals surface area contributed by atoms with Crippen molar-refractivity contribution in [1.29, 1.82) is 0 Å². The van der Waals surface area contributed by atoms with Crippen LogP contribution in [0.25, 0.3) is 0 Å². The van der Waals surface area contributed by atoms with E-state index in [1.807, 2.05) is 0 Å². The molecule has 0 aliphatic carbocycles. The molecule has 0 bridgehead atoms. The summed E-state index contributed by atoms with van der Waals surface area (Å²) in [7, 11) is 0. The molecule has 26 heavy (non-hydrogen) atoms. The van der Waals surface area contributed by atoms with Crippen LogP contribution in [0.5, 0.6) is 0 Å². The first-order chi connectivity index (χ1) is 12.3. The number of amides is 1. The first-order valence-corrected chi connectivity index (χ1v) is 8.95. The Bertz CT molecular complexity index is 556. The maximum Gasteiger partial charge on any atom is 0.416 e. The van der Waals surface area contributed by atoms with E-state index in [2.05, 4.69) is 12.2 Å². The minimum absolute atomic E-state index is 0.0300. The molecule has 1 amide bonds. The number of carbonyl (C=O) groups is 2. The average molecular weight is 373 g/mol. The number of benzene rings is 1. The smallest absolute Gasteiger partial charge is 0.416 e. The number of ether oxygens (including phenoxy) is 1. The third-order valence-electron chi connectivity index (χ3n) is 3.85. The summed E-state index contributed by atoms with van der Waals surface area (Å²) < 4.78 is 42.5. The molecule has 0 spiro atoms. The van der Waals surface area contributed by atoms with E-state index >= 15 is 0 Å². The number of hydrogen-bond acceptors (Lipinski definition) is 3. The van der Waals surface area contributed by atoms with E-state index in [0.29, 0.717) is 6.61 Å². The molecule has 1 aromatic rings. The predicted molar refractivity (Wildman–Crippen MR) is 92.7 cm³/mol. The van der Waals surface area contributed by atoms with E-state index in [0.717, 1.165) is 43.5 Å². The fraction of sp³-hybridized carbons (Fsp3) is 0.579. The van der Waals surface area contributed by atoms with Gasteiger partial charge in [0.1, 0.15) is 0 Å². The molecule has 0 atom stereocenters. The summed E-state index contributed by atoms with van der Waals surface area (Å²) in [5.41, 5.74) is -0.703. The van der Waals surface area contributed by atoms with Crippen molar-refractivity contribution in [2.24, 2.45) is 0 Å². The fourth-order valence-corrected chi connectivity index (χ4v) is 2.33. The Morgan fingerprint density at radius 2 is 1.62 bits per heavy atom. The largest absolute Gasteiger partial charge is 0.466 e. The maximum absolute atomic E-state index is 12.5. The van der Waals surface area contributed by atoms with Crippen LogP contribution in [0.4, 0.5) is 13.2 Å². The molecule has 0 aliphatic rings. The molecular formula is C19H26F3NO3. The highest BCUT2D eigenvalue weighted by molar-refractivity contribution is 5.94. The highest BCUT2D eigenvalue weighted by Gasteiger charge is 2.30. The number of halogens is 3. The number of esters is 1. The lowest BCUT2D eigenvalue weighted by Gasteiger charge is -2.08. The molecule has 0 saturated carbocycles. The van der Waals surface area contributed by atoms with Gasteiger partial charge in [-0.2, -0.15) is 13.2 Å². The van der Waals surface area contributed by atoms with Gasteiger partial charge in [0.05, 0.1) is 18.6 Å². The van der Waals surface area contributed by atoms with Gasteiger partial charge in [-0.25, -0.2) is 0 Å². The number of hydrogen-bond donors (Lipinski definition) is 1. The van der Waals surface area contributed by atoms with Crippen LogP contribution in [0.2, 0.25) is 0 Å². The van der Waals surface area contributed by atoms with Gasteiger partial charge in [0, 0.05) is 12.1 Å². The minimum Gasteiger partial charge on any atom is -0.466 e. The Morgan fingerprint density at radius 1 is 1.00 bits per heavy atom. The number of nitrogens with one attached hydrogen (secondary N) is 1. The van der Waals surface area contributed by atoms with Crippen molar-refractivity contribution in [2.75, 3.05) is 13.2 Å². The summed E-state index contributed by atoms with van der Waals surface area (Å²) in [6, 6.07) is 3.91. The molecule has 1 aromatic carbocycles. The number of carbonyl (C=O) groups excluding carboxylic acids is 2. The van der Waals surface area contributed by atoms with E-state index in [9.17, 15) is 22.8 Å². The predicted octanol–water partition coefficient (Wildman–Crippen LogP) is 4.73. The fourth-order valence-electron chi connectivity index (χ4n) is 2.33. The van der Waals surface area contributed by atoms with Gasteiger partial charge >= 0.3 is 12.1 Å². The van der Waals surface area contributed by atoms with Crippen molar-refractivity contribution < 1.29 is 27.5 Å². The Balaban J connectivity index is 2.18.